The predicted octanol–water partition coefficient (Wildman–Crippen LogP) is 4.94. The molecule has 1 aliphatic heterocycles. The fourth-order valence-corrected chi connectivity index (χ4v) is 3.79. The van der Waals surface area contributed by atoms with E-state index in [0.717, 1.165) is 37.8 Å². The van der Waals surface area contributed by atoms with E-state index in [-0.39, 0.29) is 6.04 Å². The van der Waals surface area contributed by atoms with Crippen LogP contribution in [-0.2, 0) is 12.7 Å². The molecule has 1 aromatic heterocycles. The molecular formula is C23H25F3N4O. The van der Waals surface area contributed by atoms with Crippen LogP contribution in [0.25, 0.3) is 11.5 Å². The molecule has 31 heavy (non-hydrogen) atoms. The molecule has 0 N–H and O–H groups in total. The Kier molecular flexibility index (Phi) is 6.11. The summed E-state index contributed by atoms with van der Waals surface area (Å²) in [4.78, 5) is 4.43. The van der Waals surface area contributed by atoms with Crippen molar-refractivity contribution in [1.29, 1.82) is 0 Å². The Hall–Kier alpha value is -2.71. The van der Waals surface area contributed by atoms with Crippen LogP contribution in [0.15, 0.2) is 52.9 Å². The second-order valence-electron chi connectivity index (χ2n) is 8.00. The summed E-state index contributed by atoms with van der Waals surface area (Å²) in [5.74, 6) is 1.08. The molecule has 4 rings (SSSR count). The van der Waals surface area contributed by atoms with Crippen molar-refractivity contribution < 1.29 is 17.6 Å². The summed E-state index contributed by atoms with van der Waals surface area (Å²) in [7, 11) is 0. The van der Waals surface area contributed by atoms with Crippen molar-refractivity contribution in [3.63, 3.8) is 0 Å². The van der Waals surface area contributed by atoms with Crippen LogP contribution in [0.2, 0.25) is 0 Å². The summed E-state index contributed by atoms with van der Waals surface area (Å²) < 4.78 is 44.7. The third kappa shape index (κ3) is 5.14. The van der Waals surface area contributed by atoms with E-state index in [4.69, 9.17) is 4.42 Å². The van der Waals surface area contributed by atoms with Gasteiger partial charge in [-0.05, 0) is 37.6 Å². The summed E-state index contributed by atoms with van der Waals surface area (Å²) in [5.41, 5.74) is 2.14. The van der Waals surface area contributed by atoms with Crippen LogP contribution in [0.3, 0.4) is 0 Å². The van der Waals surface area contributed by atoms with Gasteiger partial charge in [-0.3, -0.25) is 9.80 Å². The van der Waals surface area contributed by atoms with E-state index in [1.807, 2.05) is 38.1 Å². The molecule has 1 aliphatic rings. The molecule has 0 unspecified atom stereocenters. The number of aryl methyl sites for hydroxylation is 1. The van der Waals surface area contributed by atoms with Gasteiger partial charge in [-0.2, -0.15) is 13.2 Å². The van der Waals surface area contributed by atoms with E-state index in [1.54, 1.807) is 6.07 Å². The van der Waals surface area contributed by atoms with Crippen LogP contribution < -0.4 is 0 Å². The number of aromatic nitrogens is 2. The quantitative estimate of drug-likeness (QED) is 0.574. The van der Waals surface area contributed by atoms with Crippen LogP contribution in [0, 0.1) is 6.92 Å². The molecule has 0 aliphatic carbocycles. The Labute approximate surface area is 179 Å². The molecule has 1 fully saturated rings. The number of rotatable bonds is 5. The lowest BCUT2D eigenvalue weighted by molar-refractivity contribution is -0.137. The molecule has 0 amide bonds. The van der Waals surface area contributed by atoms with Gasteiger partial charge in [0.2, 0.25) is 11.8 Å². The van der Waals surface area contributed by atoms with Crippen molar-refractivity contribution in [3.05, 3.63) is 71.1 Å². The first-order chi connectivity index (χ1) is 14.8. The highest BCUT2D eigenvalue weighted by Crippen LogP contribution is 2.30. The summed E-state index contributed by atoms with van der Waals surface area (Å²) in [6, 6.07) is 13.5. The lowest BCUT2D eigenvalue weighted by Crippen LogP contribution is -2.46. The number of hydrogen-bond acceptors (Lipinski definition) is 5. The van der Waals surface area contributed by atoms with E-state index in [9.17, 15) is 13.2 Å². The predicted molar refractivity (Wildman–Crippen MR) is 111 cm³/mol. The van der Waals surface area contributed by atoms with Gasteiger partial charge in [0.25, 0.3) is 0 Å². The lowest BCUT2D eigenvalue weighted by atomic mass is 10.1. The summed E-state index contributed by atoms with van der Waals surface area (Å²) in [6.45, 7) is 7.65. The van der Waals surface area contributed by atoms with Gasteiger partial charge in [-0.15, -0.1) is 10.2 Å². The van der Waals surface area contributed by atoms with Crippen molar-refractivity contribution >= 4 is 0 Å². The third-order valence-corrected chi connectivity index (χ3v) is 5.71. The largest absolute Gasteiger partial charge is 0.419 e. The van der Waals surface area contributed by atoms with E-state index in [0.29, 0.717) is 23.9 Å². The van der Waals surface area contributed by atoms with Crippen LogP contribution in [0.1, 0.15) is 35.5 Å². The molecule has 5 nitrogen and oxygen atoms in total. The Balaban J connectivity index is 1.34. The number of benzene rings is 2. The smallest absolute Gasteiger partial charge is 0.416 e. The highest BCUT2D eigenvalue weighted by Gasteiger charge is 2.31. The van der Waals surface area contributed by atoms with Gasteiger partial charge >= 0.3 is 6.18 Å². The van der Waals surface area contributed by atoms with Gasteiger partial charge in [0, 0.05) is 38.3 Å². The average molecular weight is 430 g/mol. The third-order valence-electron chi connectivity index (χ3n) is 5.71. The zero-order valence-corrected chi connectivity index (χ0v) is 17.6. The Morgan fingerprint density at radius 2 is 1.71 bits per heavy atom. The molecule has 2 aromatic carbocycles. The average Bonchev–Trinajstić information content (AvgIpc) is 3.24. The second-order valence-corrected chi connectivity index (χ2v) is 8.00. The minimum atomic E-state index is -4.31. The molecule has 2 heterocycles. The zero-order chi connectivity index (χ0) is 22.0. The second kappa shape index (κ2) is 8.80. The van der Waals surface area contributed by atoms with Crippen molar-refractivity contribution in [1.82, 2.24) is 20.0 Å². The molecule has 0 radical (unpaired) electrons. The molecule has 0 bridgehead atoms. The summed E-state index contributed by atoms with van der Waals surface area (Å²) >= 11 is 0. The molecule has 0 saturated carbocycles. The topological polar surface area (TPSA) is 45.4 Å². The molecule has 3 aromatic rings. The fourth-order valence-electron chi connectivity index (χ4n) is 3.79. The van der Waals surface area contributed by atoms with E-state index >= 15 is 0 Å². The van der Waals surface area contributed by atoms with Gasteiger partial charge in [0.1, 0.15) is 0 Å². The highest BCUT2D eigenvalue weighted by atomic mass is 19.4. The molecule has 0 spiro atoms. The van der Waals surface area contributed by atoms with Gasteiger partial charge in [0.15, 0.2) is 0 Å². The molecule has 164 valence electrons. The number of piperazine rings is 1. The first-order valence-corrected chi connectivity index (χ1v) is 10.3. The van der Waals surface area contributed by atoms with Gasteiger partial charge in [-0.25, -0.2) is 0 Å². The van der Waals surface area contributed by atoms with E-state index < -0.39 is 11.7 Å². The SMILES string of the molecule is Cc1ccc(-c2nnc([C@H](C)N3CCN(Cc4cccc(C(F)(F)F)c4)CC3)o2)cc1. The molecular weight excluding hydrogens is 405 g/mol. The van der Waals surface area contributed by atoms with Crippen molar-refractivity contribution in [2.75, 3.05) is 26.2 Å². The lowest BCUT2D eigenvalue weighted by Gasteiger charge is -2.36. The minimum Gasteiger partial charge on any atom is -0.419 e. The standard InChI is InChI=1S/C23H25F3N4O/c1-16-6-8-19(9-7-16)22-28-27-21(31-22)17(2)30-12-10-29(11-13-30)15-18-4-3-5-20(14-18)23(24,25)26/h3-9,14,17H,10-13,15H2,1-2H3/t17-/m0/s1. The first-order valence-electron chi connectivity index (χ1n) is 10.3. The highest BCUT2D eigenvalue weighted by molar-refractivity contribution is 5.52. The van der Waals surface area contributed by atoms with Crippen molar-refractivity contribution in [3.8, 4) is 11.5 Å². The summed E-state index contributed by atoms with van der Waals surface area (Å²) in [6.07, 6.45) is -4.31. The van der Waals surface area contributed by atoms with Crippen molar-refractivity contribution in [2.45, 2.75) is 32.6 Å². The normalized spacial score (nSPS) is 17.1. The van der Waals surface area contributed by atoms with Gasteiger partial charge in [0.05, 0.1) is 11.6 Å². The van der Waals surface area contributed by atoms with Gasteiger partial charge < -0.3 is 4.42 Å². The Morgan fingerprint density at radius 3 is 2.39 bits per heavy atom. The molecule has 8 heteroatoms. The zero-order valence-electron chi connectivity index (χ0n) is 17.6. The van der Waals surface area contributed by atoms with Crippen molar-refractivity contribution in [2.24, 2.45) is 0 Å². The number of hydrogen-bond donors (Lipinski definition) is 0. The number of alkyl halides is 3. The fraction of sp³-hybridized carbons (Fsp3) is 0.391. The Morgan fingerprint density at radius 1 is 1.00 bits per heavy atom. The Bertz CT molecular complexity index is 1010. The van der Waals surface area contributed by atoms with Crippen LogP contribution in [0.4, 0.5) is 13.2 Å². The van der Waals surface area contributed by atoms with E-state index in [2.05, 4.69) is 20.0 Å². The maximum Gasteiger partial charge on any atom is 0.416 e. The van der Waals surface area contributed by atoms with Crippen LogP contribution in [0.5, 0.6) is 0 Å². The number of nitrogens with zero attached hydrogens (tertiary/aromatic N) is 4. The molecule has 1 atom stereocenters. The maximum atomic E-state index is 12.9. The molecule has 1 saturated heterocycles. The summed E-state index contributed by atoms with van der Waals surface area (Å²) in [5, 5.41) is 8.42. The van der Waals surface area contributed by atoms with E-state index in [1.165, 1.54) is 17.7 Å². The maximum absolute atomic E-state index is 12.9. The van der Waals surface area contributed by atoms with Crippen LogP contribution >= 0.6 is 0 Å². The first kappa shape index (κ1) is 21.5. The van der Waals surface area contributed by atoms with Crippen LogP contribution in [-0.4, -0.2) is 46.2 Å². The minimum absolute atomic E-state index is 0.0256. The van der Waals surface area contributed by atoms with Gasteiger partial charge in [-0.1, -0.05) is 35.9 Å². The number of halogens is 3. The monoisotopic (exact) mass is 430 g/mol.